The normalized spacial score (nSPS) is 16.2. The van der Waals surface area contributed by atoms with Crippen LogP contribution in [0, 0.1) is 0 Å². The first-order valence-corrected chi connectivity index (χ1v) is 7.63. The summed E-state index contributed by atoms with van der Waals surface area (Å²) in [4.78, 5) is 7.08. The van der Waals surface area contributed by atoms with Crippen molar-refractivity contribution < 1.29 is 0 Å². The summed E-state index contributed by atoms with van der Waals surface area (Å²) >= 11 is 0. The molecule has 0 radical (unpaired) electrons. The average molecular weight is 290 g/mol. The number of hydrogen-bond acceptors (Lipinski definition) is 2. The molecule has 0 N–H and O–H groups in total. The van der Waals surface area contributed by atoms with Crippen LogP contribution in [0.3, 0.4) is 0 Å². The number of hydrogen-bond donors (Lipinski definition) is 0. The number of nitrogens with zero attached hydrogens (tertiary/aromatic N) is 2. The molecule has 2 heteroatoms. The standard InChI is InChI=1S/C20H22N2/c1-20(2)16-12-8-9-13-17(16)21-19(20)18(22(3)4)14-15-10-6-5-7-11-15/h5-14H,1-4H3. The molecule has 1 heterocycles. The highest BCUT2D eigenvalue weighted by Gasteiger charge is 2.37. The van der Waals surface area contributed by atoms with Gasteiger partial charge in [0, 0.05) is 19.5 Å². The lowest BCUT2D eigenvalue weighted by molar-refractivity contribution is 0.533. The van der Waals surface area contributed by atoms with E-state index < -0.39 is 0 Å². The van der Waals surface area contributed by atoms with Crippen molar-refractivity contribution in [2.45, 2.75) is 19.3 Å². The summed E-state index contributed by atoms with van der Waals surface area (Å²) < 4.78 is 0. The molecular formula is C20H22N2. The molecular weight excluding hydrogens is 268 g/mol. The largest absolute Gasteiger partial charge is 0.376 e. The zero-order valence-electron chi connectivity index (χ0n) is 13.7. The minimum Gasteiger partial charge on any atom is -0.376 e. The number of benzene rings is 2. The first kappa shape index (κ1) is 14.6. The summed E-state index contributed by atoms with van der Waals surface area (Å²) in [6, 6.07) is 18.8. The zero-order valence-corrected chi connectivity index (χ0v) is 13.7. The van der Waals surface area contributed by atoms with Gasteiger partial charge in [0.2, 0.25) is 0 Å². The molecule has 0 spiro atoms. The average Bonchev–Trinajstić information content (AvgIpc) is 2.77. The van der Waals surface area contributed by atoms with Gasteiger partial charge in [-0.15, -0.1) is 0 Å². The summed E-state index contributed by atoms with van der Waals surface area (Å²) in [6.07, 6.45) is 2.21. The van der Waals surface area contributed by atoms with Crippen LogP contribution in [0.25, 0.3) is 6.08 Å². The van der Waals surface area contributed by atoms with E-state index in [1.54, 1.807) is 0 Å². The Labute approximate surface area is 132 Å². The minimum absolute atomic E-state index is 0.0819. The molecule has 0 aromatic heterocycles. The molecule has 1 aliphatic heterocycles. The van der Waals surface area contributed by atoms with Crippen molar-refractivity contribution >= 4 is 17.5 Å². The third-order valence-electron chi connectivity index (χ3n) is 4.23. The van der Waals surface area contributed by atoms with Crippen LogP contribution >= 0.6 is 0 Å². The van der Waals surface area contributed by atoms with E-state index in [1.165, 1.54) is 11.1 Å². The molecule has 2 aromatic rings. The molecule has 0 fully saturated rings. The van der Waals surface area contributed by atoms with E-state index in [0.717, 1.165) is 17.1 Å². The van der Waals surface area contributed by atoms with Gasteiger partial charge in [0.05, 0.1) is 17.1 Å². The van der Waals surface area contributed by atoms with Crippen LogP contribution in [0.5, 0.6) is 0 Å². The van der Waals surface area contributed by atoms with Gasteiger partial charge in [0.1, 0.15) is 0 Å². The predicted molar refractivity (Wildman–Crippen MR) is 94.7 cm³/mol. The Bertz CT molecular complexity index is 737. The highest BCUT2D eigenvalue weighted by molar-refractivity contribution is 6.13. The van der Waals surface area contributed by atoms with Crippen molar-refractivity contribution in [1.82, 2.24) is 4.90 Å². The molecule has 0 bridgehead atoms. The first-order valence-electron chi connectivity index (χ1n) is 7.63. The van der Waals surface area contributed by atoms with E-state index in [0.29, 0.717) is 0 Å². The number of aliphatic imine (C=N–C) groups is 1. The number of rotatable bonds is 3. The topological polar surface area (TPSA) is 15.6 Å². The second-order valence-electron chi connectivity index (χ2n) is 6.44. The van der Waals surface area contributed by atoms with Crippen LogP contribution < -0.4 is 0 Å². The Morgan fingerprint density at radius 2 is 1.59 bits per heavy atom. The maximum atomic E-state index is 4.93. The van der Waals surface area contributed by atoms with Gasteiger partial charge in [-0.1, -0.05) is 48.5 Å². The minimum atomic E-state index is -0.0819. The van der Waals surface area contributed by atoms with Gasteiger partial charge in [0.25, 0.3) is 0 Å². The Balaban J connectivity index is 2.10. The molecule has 3 rings (SSSR count). The fraction of sp³-hybridized carbons (Fsp3) is 0.250. The molecule has 0 atom stereocenters. The molecule has 112 valence electrons. The monoisotopic (exact) mass is 290 g/mol. The first-order chi connectivity index (χ1) is 10.5. The van der Waals surface area contributed by atoms with Crippen LogP contribution in [0.2, 0.25) is 0 Å². The van der Waals surface area contributed by atoms with E-state index in [9.17, 15) is 0 Å². The van der Waals surface area contributed by atoms with Crippen molar-refractivity contribution in [1.29, 1.82) is 0 Å². The molecule has 0 unspecified atom stereocenters. The van der Waals surface area contributed by atoms with Gasteiger partial charge in [-0.3, -0.25) is 4.99 Å². The van der Waals surface area contributed by atoms with Gasteiger partial charge in [-0.05, 0) is 37.1 Å². The van der Waals surface area contributed by atoms with Crippen LogP contribution in [-0.2, 0) is 5.41 Å². The Morgan fingerprint density at radius 1 is 0.955 bits per heavy atom. The molecule has 22 heavy (non-hydrogen) atoms. The van der Waals surface area contributed by atoms with Crippen molar-refractivity contribution in [3.63, 3.8) is 0 Å². The summed E-state index contributed by atoms with van der Waals surface area (Å²) in [5.41, 5.74) is 5.78. The Hall–Kier alpha value is -2.35. The van der Waals surface area contributed by atoms with Crippen LogP contribution in [-0.4, -0.2) is 24.7 Å². The van der Waals surface area contributed by atoms with Gasteiger partial charge < -0.3 is 4.90 Å². The van der Waals surface area contributed by atoms with E-state index in [-0.39, 0.29) is 5.41 Å². The highest BCUT2D eigenvalue weighted by atomic mass is 15.1. The van der Waals surface area contributed by atoms with E-state index in [2.05, 4.69) is 87.4 Å². The van der Waals surface area contributed by atoms with Gasteiger partial charge in [-0.2, -0.15) is 0 Å². The summed E-state index contributed by atoms with van der Waals surface area (Å²) in [7, 11) is 4.16. The molecule has 0 saturated carbocycles. The maximum absolute atomic E-state index is 4.93. The molecule has 0 saturated heterocycles. The lowest BCUT2D eigenvalue weighted by atomic mass is 9.80. The fourth-order valence-corrected chi connectivity index (χ4v) is 2.98. The summed E-state index contributed by atoms with van der Waals surface area (Å²) in [5.74, 6) is 0. The Kier molecular flexibility index (Phi) is 3.61. The quantitative estimate of drug-likeness (QED) is 0.803. The Morgan fingerprint density at radius 3 is 2.23 bits per heavy atom. The predicted octanol–water partition coefficient (Wildman–Crippen LogP) is 4.65. The number of allylic oxidation sites excluding steroid dienone is 1. The molecule has 0 aliphatic carbocycles. The van der Waals surface area contributed by atoms with E-state index in [4.69, 9.17) is 4.99 Å². The van der Waals surface area contributed by atoms with E-state index >= 15 is 0 Å². The lowest BCUT2D eigenvalue weighted by Gasteiger charge is -2.28. The third kappa shape index (κ3) is 2.45. The van der Waals surface area contributed by atoms with Crippen LogP contribution in [0.15, 0.2) is 65.3 Å². The van der Waals surface area contributed by atoms with E-state index in [1.807, 2.05) is 6.07 Å². The second kappa shape index (κ2) is 5.45. The fourth-order valence-electron chi connectivity index (χ4n) is 2.98. The van der Waals surface area contributed by atoms with Crippen molar-refractivity contribution in [3.05, 3.63) is 71.4 Å². The second-order valence-corrected chi connectivity index (χ2v) is 6.44. The van der Waals surface area contributed by atoms with Crippen LogP contribution in [0.1, 0.15) is 25.0 Å². The maximum Gasteiger partial charge on any atom is 0.0744 e. The molecule has 2 aromatic carbocycles. The van der Waals surface area contributed by atoms with Crippen molar-refractivity contribution in [3.8, 4) is 0 Å². The zero-order chi connectivity index (χ0) is 15.7. The van der Waals surface area contributed by atoms with Crippen LogP contribution in [0.4, 0.5) is 5.69 Å². The van der Waals surface area contributed by atoms with Gasteiger partial charge >= 0.3 is 0 Å². The number of fused-ring (bicyclic) bond motifs is 1. The SMILES string of the molecule is CN(C)C(=Cc1ccccc1)C1=Nc2ccccc2C1(C)C. The van der Waals surface area contributed by atoms with Crippen molar-refractivity contribution in [2.24, 2.45) is 4.99 Å². The summed E-state index contributed by atoms with van der Waals surface area (Å²) in [5, 5.41) is 0. The smallest absolute Gasteiger partial charge is 0.0744 e. The number of para-hydroxylation sites is 1. The van der Waals surface area contributed by atoms with Gasteiger partial charge in [0.15, 0.2) is 0 Å². The highest BCUT2D eigenvalue weighted by Crippen LogP contribution is 2.42. The van der Waals surface area contributed by atoms with Crippen molar-refractivity contribution in [2.75, 3.05) is 14.1 Å². The summed E-state index contributed by atoms with van der Waals surface area (Å²) in [6.45, 7) is 4.50. The lowest BCUT2D eigenvalue weighted by Crippen LogP contribution is -2.32. The molecule has 1 aliphatic rings. The van der Waals surface area contributed by atoms with Gasteiger partial charge in [-0.25, -0.2) is 0 Å². The third-order valence-corrected chi connectivity index (χ3v) is 4.23. The molecule has 2 nitrogen and oxygen atoms in total. The molecule has 0 amide bonds.